The van der Waals surface area contributed by atoms with Crippen LogP contribution in [0.5, 0.6) is 5.75 Å². The topological polar surface area (TPSA) is 87.7 Å². The lowest BCUT2D eigenvalue weighted by atomic mass is 10.2. The summed E-state index contributed by atoms with van der Waals surface area (Å²) in [6.07, 6.45) is 7.35. The fourth-order valence-corrected chi connectivity index (χ4v) is 4.83. The van der Waals surface area contributed by atoms with E-state index in [1.54, 1.807) is 30.3 Å². The quantitative estimate of drug-likeness (QED) is 0.206. The third kappa shape index (κ3) is 8.61. The summed E-state index contributed by atoms with van der Waals surface area (Å²) in [7, 11) is -3.70. The molecular formula is C26H33N3O4S2. The zero-order valence-electron chi connectivity index (χ0n) is 20.0. The van der Waals surface area contributed by atoms with Crippen LogP contribution in [-0.4, -0.2) is 43.4 Å². The van der Waals surface area contributed by atoms with Gasteiger partial charge in [-0.25, -0.2) is 8.42 Å². The molecule has 35 heavy (non-hydrogen) atoms. The van der Waals surface area contributed by atoms with E-state index in [9.17, 15) is 13.2 Å². The van der Waals surface area contributed by atoms with E-state index in [0.29, 0.717) is 23.6 Å². The van der Waals surface area contributed by atoms with E-state index in [1.165, 1.54) is 28.6 Å². The van der Waals surface area contributed by atoms with Crippen molar-refractivity contribution in [3.63, 3.8) is 0 Å². The molecule has 1 amide bonds. The number of sulfonamides is 1. The summed E-state index contributed by atoms with van der Waals surface area (Å²) >= 11 is 5.28. The molecule has 0 aliphatic rings. The first kappa shape index (κ1) is 28.2. The van der Waals surface area contributed by atoms with Crippen LogP contribution in [0.25, 0.3) is 0 Å². The number of amides is 1. The molecule has 0 radical (unpaired) electrons. The molecule has 2 rings (SSSR count). The van der Waals surface area contributed by atoms with Gasteiger partial charge in [-0.1, -0.05) is 50.5 Å². The summed E-state index contributed by atoms with van der Waals surface area (Å²) in [5.41, 5.74) is 0.923. The number of rotatable bonds is 14. The van der Waals surface area contributed by atoms with Gasteiger partial charge in [0.2, 0.25) is 10.0 Å². The minimum atomic E-state index is -3.70. The highest BCUT2D eigenvalue weighted by molar-refractivity contribution is 7.89. The second kappa shape index (κ2) is 14.4. The molecule has 2 N–H and O–H groups in total. The van der Waals surface area contributed by atoms with Gasteiger partial charge in [0.05, 0.1) is 17.1 Å². The molecule has 0 spiro atoms. The Morgan fingerprint density at radius 3 is 2.31 bits per heavy atom. The molecule has 0 aliphatic carbocycles. The lowest BCUT2D eigenvalue weighted by Gasteiger charge is -2.19. The molecule has 0 aromatic heterocycles. The predicted molar refractivity (Wildman–Crippen MR) is 145 cm³/mol. The number of nitrogens with one attached hydrogen (secondary N) is 2. The highest BCUT2D eigenvalue weighted by Gasteiger charge is 2.22. The number of hydrogen-bond donors (Lipinski definition) is 2. The van der Waals surface area contributed by atoms with Gasteiger partial charge in [0.15, 0.2) is 5.11 Å². The van der Waals surface area contributed by atoms with Crippen molar-refractivity contribution in [2.75, 3.05) is 25.0 Å². The number of thiocarbonyl (C=S) groups is 1. The second-order valence-electron chi connectivity index (χ2n) is 7.74. The molecule has 2 aromatic carbocycles. The van der Waals surface area contributed by atoms with Crippen molar-refractivity contribution in [3.05, 3.63) is 79.4 Å². The Labute approximate surface area is 213 Å². The molecule has 0 saturated carbocycles. The van der Waals surface area contributed by atoms with Crippen LogP contribution in [0, 0.1) is 0 Å². The van der Waals surface area contributed by atoms with Crippen molar-refractivity contribution in [2.24, 2.45) is 0 Å². The Balaban J connectivity index is 2.00. The lowest BCUT2D eigenvalue weighted by Crippen LogP contribution is -2.34. The number of unbranched alkanes of at least 4 members (excludes halogenated alkanes) is 3. The Hall–Kier alpha value is -3.01. The number of carbonyl (C=O) groups is 1. The normalized spacial score (nSPS) is 11.0. The van der Waals surface area contributed by atoms with E-state index in [2.05, 4.69) is 30.7 Å². The summed E-state index contributed by atoms with van der Waals surface area (Å²) in [5, 5.41) is 5.64. The molecule has 0 fully saturated rings. The number of nitrogens with zero attached hydrogens (tertiary/aromatic N) is 1. The molecule has 0 unspecified atom stereocenters. The van der Waals surface area contributed by atoms with E-state index >= 15 is 0 Å². The first-order valence-electron chi connectivity index (χ1n) is 11.5. The van der Waals surface area contributed by atoms with Crippen LogP contribution in [-0.2, 0) is 10.0 Å². The average molecular weight is 516 g/mol. The van der Waals surface area contributed by atoms with Crippen LogP contribution in [0.4, 0.5) is 5.69 Å². The van der Waals surface area contributed by atoms with E-state index in [-0.39, 0.29) is 23.1 Å². The van der Waals surface area contributed by atoms with Gasteiger partial charge in [-0.3, -0.25) is 10.1 Å². The van der Waals surface area contributed by atoms with Crippen LogP contribution < -0.4 is 15.4 Å². The lowest BCUT2D eigenvalue weighted by molar-refractivity contribution is 0.0973. The monoisotopic (exact) mass is 515 g/mol. The maximum atomic E-state index is 12.8. The van der Waals surface area contributed by atoms with Gasteiger partial charge in [0.25, 0.3) is 5.91 Å². The largest absolute Gasteiger partial charge is 0.493 e. The van der Waals surface area contributed by atoms with Crippen molar-refractivity contribution in [3.8, 4) is 5.75 Å². The molecular weight excluding hydrogens is 482 g/mol. The molecule has 0 aliphatic heterocycles. The van der Waals surface area contributed by atoms with Crippen molar-refractivity contribution >= 4 is 38.9 Å². The van der Waals surface area contributed by atoms with Gasteiger partial charge in [-0.2, -0.15) is 4.31 Å². The van der Waals surface area contributed by atoms with Crippen molar-refractivity contribution in [1.82, 2.24) is 9.62 Å². The summed E-state index contributed by atoms with van der Waals surface area (Å²) in [6, 6.07) is 13.1. The molecule has 0 heterocycles. The van der Waals surface area contributed by atoms with Gasteiger partial charge >= 0.3 is 0 Å². The fourth-order valence-electron chi connectivity index (χ4n) is 3.24. The molecule has 0 atom stereocenters. The van der Waals surface area contributed by atoms with Gasteiger partial charge in [0, 0.05) is 18.8 Å². The second-order valence-corrected chi connectivity index (χ2v) is 10.1. The zero-order chi connectivity index (χ0) is 25.7. The summed E-state index contributed by atoms with van der Waals surface area (Å²) in [5.74, 6) is 0.109. The average Bonchev–Trinajstić information content (AvgIpc) is 2.84. The van der Waals surface area contributed by atoms with E-state index in [0.717, 1.165) is 25.7 Å². The smallest absolute Gasteiger partial charge is 0.261 e. The molecule has 9 heteroatoms. The maximum absolute atomic E-state index is 12.8. The van der Waals surface area contributed by atoms with Crippen LogP contribution in [0.15, 0.2) is 78.7 Å². The van der Waals surface area contributed by atoms with Crippen LogP contribution in [0.3, 0.4) is 0 Å². The Bertz CT molecular complexity index is 1110. The van der Waals surface area contributed by atoms with Gasteiger partial charge in [-0.15, -0.1) is 13.2 Å². The number of anilines is 1. The van der Waals surface area contributed by atoms with Gasteiger partial charge in [0.1, 0.15) is 5.75 Å². The first-order valence-corrected chi connectivity index (χ1v) is 13.3. The fraction of sp³-hybridized carbons (Fsp3) is 0.308. The predicted octanol–water partition coefficient (Wildman–Crippen LogP) is 5.14. The van der Waals surface area contributed by atoms with Crippen LogP contribution >= 0.6 is 12.2 Å². The number of para-hydroxylation sites is 1. The van der Waals surface area contributed by atoms with Gasteiger partial charge in [-0.05, 0) is 55.0 Å². The number of carbonyl (C=O) groups excluding carboxylic acids is 1. The van der Waals surface area contributed by atoms with Crippen LogP contribution in [0.1, 0.15) is 43.0 Å². The number of hydrogen-bond acceptors (Lipinski definition) is 5. The van der Waals surface area contributed by atoms with Crippen LogP contribution in [0.2, 0.25) is 0 Å². The van der Waals surface area contributed by atoms with E-state index < -0.39 is 15.9 Å². The summed E-state index contributed by atoms with van der Waals surface area (Å²) in [4.78, 5) is 12.9. The molecule has 7 nitrogen and oxygen atoms in total. The van der Waals surface area contributed by atoms with Gasteiger partial charge < -0.3 is 10.1 Å². The van der Waals surface area contributed by atoms with Crippen molar-refractivity contribution < 1.29 is 17.9 Å². The SMILES string of the molecule is C=CCN(CC=C)S(=O)(=O)c1ccc(NC(=S)NC(=O)c2ccccc2OCCCCCC)cc1. The maximum Gasteiger partial charge on any atom is 0.261 e. The molecule has 2 aromatic rings. The molecule has 0 bridgehead atoms. The number of ether oxygens (including phenoxy) is 1. The first-order chi connectivity index (χ1) is 16.8. The summed E-state index contributed by atoms with van der Waals surface area (Å²) in [6.45, 7) is 10.3. The summed E-state index contributed by atoms with van der Waals surface area (Å²) < 4.78 is 32.7. The molecule has 0 saturated heterocycles. The zero-order valence-corrected chi connectivity index (χ0v) is 21.7. The standard InChI is InChI=1S/C26H33N3O4S2/c1-4-7-8-11-20-33-24-13-10-9-12-23(24)25(30)28-26(34)27-21-14-16-22(17-15-21)35(31,32)29(18-5-2)19-6-3/h5-6,9-10,12-17H,2-4,7-8,11,18-20H2,1H3,(H2,27,28,30,34). The highest BCUT2D eigenvalue weighted by Crippen LogP contribution is 2.20. The minimum absolute atomic E-state index is 0.0864. The van der Waals surface area contributed by atoms with Crippen molar-refractivity contribution in [2.45, 2.75) is 37.5 Å². The number of benzene rings is 2. The Morgan fingerprint density at radius 1 is 1.03 bits per heavy atom. The van der Waals surface area contributed by atoms with Crippen molar-refractivity contribution in [1.29, 1.82) is 0 Å². The Morgan fingerprint density at radius 2 is 1.69 bits per heavy atom. The third-order valence-corrected chi connectivity index (χ3v) is 7.08. The molecule has 188 valence electrons. The highest BCUT2D eigenvalue weighted by atomic mass is 32.2. The van der Waals surface area contributed by atoms with E-state index in [4.69, 9.17) is 17.0 Å². The van der Waals surface area contributed by atoms with E-state index in [1.807, 2.05) is 6.07 Å². The third-order valence-electron chi connectivity index (χ3n) is 5.03. The Kier molecular flexibility index (Phi) is 11.6. The minimum Gasteiger partial charge on any atom is -0.493 e.